The minimum atomic E-state index is -3.78. The molecule has 1 fully saturated rings. The summed E-state index contributed by atoms with van der Waals surface area (Å²) in [5.74, 6) is -0.292. The van der Waals surface area contributed by atoms with Crippen molar-refractivity contribution in [2.45, 2.75) is 30.3 Å². The van der Waals surface area contributed by atoms with E-state index in [1.807, 2.05) is 0 Å². The van der Waals surface area contributed by atoms with Gasteiger partial charge in [-0.05, 0) is 5.56 Å². The zero-order chi connectivity index (χ0) is 14.8. The lowest BCUT2D eigenvalue weighted by atomic mass is 10.0. The fourth-order valence-corrected chi connectivity index (χ4v) is 3.36. The molecule has 0 aromatic heterocycles. The smallest absolute Gasteiger partial charge is 0.216 e. The maximum absolute atomic E-state index is 12.0. The van der Waals surface area contributed by atoms with Crippen LogP contribution in [0.3, 0.4) is 0 Å². The highest BCUT2D eigenvalue weighted by Gasteiger charge is 2.40. The Labute approximate surface area is 116 Å². The first-order valence-electron chi connectivity index (χ1n) is 6.09. The summed E-state index contributed by atoms with van der Waals surface area (Å²) in [6.07, 6.45) is -4.17. The minimum Gasteiger partial charge on any atom is -0.388 e. The van der Waals surface area contributed by atoms with Crippen molar-refractivity contribution in [1.29, 1.82) is 0 Å². The number of sulfonamides is 1. The quantitative estimate of drug-likeness (QED) is 0.540. The second-order valence-electron chi connectivity index (χ2n) is 4.67. The molecule has 0 bridgehead atoms. The van der Waals surface area contributed by atoms with Crippen LogP contribution in [0.15, 0.2) is 30.3 Å². The molecule has 4 N–H and O–H groups in total. The van der Waals surface area contributed by atoms with Crippen LogP contribution < -0.4 is 4.72 Å². The van der Waals surface area contributed by atoms with Gasteiger partial charge in [0.1, 0.15) is 18.2 Å². The average molecular weight is 303 g/mol. The maximum atomic E-state index is 12.0. The van der Waals surface area contributed by atoms with Gasteiger partial charge in [-0.3, -0.25) is 0 Å². The van der Waals surface area contributed by atoms with E-state index in [-0.39, 0.29) is 12.4 Å². The second kappa shape index (κ2) is 6.17. The van der Waals surface area contributed by atoms with Crippen LogP contribution in [0.5, 0.6) is 0 Å². The number of aliphatic hydroxyl groups is 3. The van der Waals surface area contributed by atoms with Crippen molar-refractivity contribution < 1.29 is 28.5 Å². The molecular formula is C12H17NO6S. The highest BCUT2D eigenvalue weighted by Crippen LogP contribution is 2.16. The lowest BCUT2D eigenvalue weighted by molar-refractivity contribution is -0.208. The van der Waals surface area contributed by atoms with Crippen molar-refractivity contribution in [3.8, 4) is 0 Å². The van der Waals surface area contributed by atoms with Gasteiger partial charge in [-0.1, -0.05) is 30.3 Å². The average Bonchev–Trinajstić information content (AvgIpc) is 2.40. The van der Waals surface area contributed by atoms with Crippen LogP contribution in [0, 0.1) is 0 Å². The SMILES string of the molecule is O=S(=O)(Cc1ccccc1)N[C@@H]1[C@@H](O)[C@H](O)CO[C@@H]1O. The van der Waals surface area contributed by atoms with Gasteiger partial charge in [0.2, 0.25) is 10.0 Å². The molecule has 1 saturated heterocycles. The highest BCUT2D eigenvalue weighted by molar-refractivity contribution is 7.88. The molecule has 7 nitrogen and oxygen atoms in total. The molecule has 1 heterocycles. The van der Waals surface area contributed by atoms with E-state index >= 15 is 0 Å². The molecule has 1 aliphatic heterocycles. The summed E-state index contributed by atoms with van der Waals surface area (Å²) < 4.78 is 30.9. The van der Waals surface area contributed by atoms with Crippen LogP contribution in [-0.4, -0.2) is 54.9 Å². The fourth-order valence-electron chi connectivity index (χ4n) is 1.98. The molecule has 20 heavy (non-hydrogen) atoms. The van der Waals surface area contributed by atoms with Gasteiger partial charge >= 0.3 is 0 Å². The Bertz CT molecular complexity index is 534. The molecule has 0 radical (unpaired) electrons. The molecule has 2 rings (SSSR count). The van der Waals surface area contributed by atoms with Crippen LogP contribution in [0.1, 0.15) is 5.56 Å². The first-order chi connectivity index (χ1) is 9.39. The molecule has 1 aromatic carbocycles. The summed E-state index contributed by atoms with van der Waals surface area (Å²) in [7, 11) is -3.78. The van der Waals surface area contributed by atoms with E-state index in [1.165, 1.54) is 0 Å². The molecule has 0 spiro atoms. The molecule has 0 unspecified atom stereocenters. The van der Waals surface area contributed by atoms with Gasteiger partial charge in [-0.15, -0.1) is 0 Å². The maximum Gasteiger partial charge on any atom is 0.216 e. The van der Waals surface area contributed by atoms with Crippen LogP contribution in [-0.2, 0) is 20.5 Å². The Morgan fingerprint density at radius 1 is 1.20 bits per heavy atom. The normalized spacial score (nSPS) is 31.1. The number of nitrogens with one attached hydrogen (secondary N) is 1. The zero-order valence-corrected chi connectivity index (χ0v) is 11.4. The van der Waals surface area contributed by atoms with E-state index in [0.717, 1.165) is 0 Å². The number of aliphatic hydroxyl groups excluding tert-OH is 3. The molecule has 0 saturated carbocycles. The van der Waals surface area contributed by atoms with Crippen molar-refractivity contribution in [2.24, 2.45) is 0 Å². The molecule has 0 aliphatic carbocycles. The van der Waals surface area contributed by atoms with E-state index in [1.54, 1.807) is 30.3 Å². The van der Waals surface area contributed by atoms with Gasteiger partial charge in [0.05, 0.1) is 12.4 Å². The first-order valence-corrected chi connectivity index (χ1v) is 7.74. The predicted molar refractivity (Wildman–Crippen MR) is 70.0 cm³/mol. The van der Waals surface area contributed by atoms with Crippen molar-refractivity contribution in [3.05, 3.63) is 35.9 Å². The largest absolute Gasteiger partial charge is 0.388 e. The van der Waals surface area contributed by atoms with E-state index in [0.29, 0.717) is 5.56 Å². The third-order valence-electron chi connectivity index (χ3n) is 3.02. The van der Waals surface area contributed by atoms with Gasteiger partial charge in [-0.2, -0.15) is 0 Å². The monoisotopic (exact) mass is 303 g/mol. The molecule has 0 amide bonds. The van der Waals surface area contributed by atoms with E-state index in [4.69, 9.17) is 4.74 Å². The second-order valence-corrected chi connectivity index (χ2v) is 6.42. The Morgan fingerprint density at radius 3 is 2.50 bits per heavy atom. The standard InChI is InChI=1S/C12H17NO6S/c14-9-6-19-12(16)10(11(9)15)13-20(17,18)7-8-4-2-1-3-5-8/h1-5,9-16H,6-7H2/t9-,10-,11+,12+/m1/s1. The number of hydrogen-bond donors (Lipinski definition) is 4. The Kier molecular flexibility index (Phi) is 4.74. The van der Waals surface area contributed by atoms with Crippen molar-refractivity contribution in [3.63, 3.8) is 0 Å². The van der Waals surface area contributed by atoms with Crippen LogP contribution in [0.25, 0.3) is 0 Å². The molecular weight excluding hydrogens is 286 g/mol. The van der Waals surface area contributed by atoms with E-state index in [2.05, 4.69) is 4.72 Å². The minimum absolute atomic E-state index is 0.251. The number of rotatable bonds is 4. The number of benzene rings is 1. The summed E-state index contributed by atoms with van der Waals surface area (Å²) in [4.78, 5) is 0. The highest BCUT2D eigenvalue weighted by atomic mass is 32.2. The lowest BCUT2D eigenvalue weighted by Gasteiger charge is -2.35. The number of hydrogen-bond acceptors (Lipinski definition) is 6. The first kappa shape index (κ1) is 15.4. The molecule has 8 heteroatoms. The van der Waals surface area contributed by atoms with Crippen LogP contribution in [0.2, 0.25) is 0 Å². The molecule has 112 valence electrons. The summed E-state index contributed by atoms with van der Waals surface area (Å²) in [5.41, 5.74) is 0.571. The zero-order valence-electron chi connectivity index (χ0n) is 10.6. The third-order valence-corrected chi connectivity index (χ3v) is 4.37. The van der Waals surface area contributed by atoms with Crippen molar-refractivity contribution >= 4 is 10.0 Å². The van der Waals surface area contributed by atoms with E-state index < -0.39 is 34.6 Å². The molecule has 1 aliphatic rings. The van der Waals surface area contributed by atoms with Gasteiger partial charge in [0, 0.05) is 0 Å². The Balaban J connectivity index is 2.07. The number of ether oxygens (including phenoxy) is 1. The van der Waals surface area contributed by atoms with Crippen molar-refractivity contribution in [2.75, 3.05) is 6.61 Å². The summed E-state index contributed by atoms with van der Waals surface area (Å²) >= 11 is 0. The lowest BCUT2D eigenvalue weighted by Crippen LogP contribution is -2.60. The van der Waals surface area contributed by atoms with Gasteiger partial charge in [0.25, 0.3) is 0 Å². The fraction of sp³-hybridized carbons (Fsp3) is 0.500. The Hall–Kier alpha value is -1.03. The summed E-state index contributed by atoms with van der Waals surface area (Å²) in [6, 6.07) is 7.19. The van der Waals surface area contributed by atoms with E-state index in [9.17, 15) is 23.7 Å². The Morgan fingerprint density at radius 2 is 1.85 bits per heavy atom. The van der Waals surface area contributed by atoms with Crippen LogP contribution >= 0.6 is 0 Å². The van der Waals surface area contributed by atoms with Gasteiger partial charge in [-0.25, -0.2) is 13.1 Å². The van der Waals surface area contributed by atoms with Gasteiger partial charge in [0.15, 0.2) is 6.29 Å². The molecule has 4 atom stereocenters. The topological polar surface area (TPSA) is 116 Å². The third kappa shape index (κ3) is 3.75. The van der Waals surface area contributed by atoms with Crippen LogP contribution in [0.4, 0.5) is 0 Å². The predicted octanol–water partition coefficient (Wildman–Crippen LogP) is -1.46. The summed E-state index contributed by atoms with van der Waals surface area (Å²) in [5, 5.41) is 28.7. The molecule has 1 aromatic rings. The van der Waals surface area contributed by atoms with Gasteiger partial charge < -0.3 is 20.1 Å². The summed E-state index contributed by atoms with van der Waals surface area (Å²) in [6.45, 7) is -0.251. The van der Waals surface area contributed by atoms with Crippen molar-refractivity contribution in [1.82, 2.24) is 4.72 Å².